The summed E-state index contributed by atoms with van der Waals surface area (Å²) in [5, 5.41) is 11.9. The van der Waals surface area contributed by atoms with Crippen LogP contribution < -0.4 is 5.32 Å². The summed E-state index contributed by atoms with van der Waals surface area (Å²) in [6, 6.07) is 16.6. The molecule has 7 nitrogen and oxygen atoms in total. The zero-order valence-electron chi connectivity index (χ0n) is 18.0. The molecule has 0 aliphatic carbocycles. The van der Waals surface area contributed by atoms with Crippen molar-refractivity contribution in [2.24, 2.45) is 5.92 Å². The van der Waals surface area contributed by atoms with Crippen molar-refractivity contribution in [3.05, 3.63) is 71.3 Å². The maximum Gasteiger partial charge on any atom is 0.408 e. The summed E-state index contributed by atoms with van der Waals surface area (Å²) in [6.45, 7) is 5.53. The van der Waals surface area contributed by atoms with Crippen LogP contribution in [0.2, 0.25) is 0 Å². The number of carbonyl (C=O) groups is 2. The first-order valence-electron chi connectivity index (χ1n) is 10.2. The molecule has 0 aromatic heterocycles. The Morgan fingerprint density at radius 1 is 1.00 bits per heavy atom. The summed E-state index contributed by atoms with van der Waals surface area (Å²) in [4.78, 5) is 34.2. The zero-order chi connectivity index (χ0) is 23.0. The van der Waals surface area contributed by atoms with Crippen molar-refractivity contribution in [3.63, 3.8) is 0 Å². The Morgan fingerprint density at radius 2 is 1.61 bits per heavy atom. The first-order chi connectivity index (χ1) is 14.6. The molecule has 0 aliphatic heterocycles. The number of benzene rings is 2. The second-order valence-corrected chi connectivity index (χ2v) is 10.6. The van der Waals surface area contributed by atoms with E-state index in [2.05, 4.69) is 19.2 Å². The Bertz CT molecular complexity index is 913. The van der Waals surface area contributed by atoms with Crippen LogP contribution >= 0.6 is 7.37 Å². The molecule has 0 heterocycles. The molecule has 31 heavy (non-hydrogen) atoms. The SMILES string of the molecule is CC(C)c1ccc(CC(CP(=O)(O)[C@H](C)NC(=O)OCc2ccccc2)C(=O)O)cc1. The molecule has 0 radical (unpaired) electrons. The van der Waals surface area contributed by atoms with Gasteiger partial charge in [-0.25, -0.2) is 4.79 Å². The second kappa shape index (κ2) is 11.1. The van der Waals surface area contributed by atoms with Gasteiger partial charge in [-0.3, -0.25) is 9.36 Å². The van der Waals surface area contributed by atoms with Crippen molar-refractivity contribution in [2.45, 2.75) is 45.5 Å². The third kappa shape index (κ3) is 7.85. The standard InChI is InChI=1S/C23H30NO6P/c1-16(2)20-11-9-18(10-12-20)13-21(22(25)26)15-31(28,29)17(3)24-23(27)30-14-19-7-5-4-6-8-19/h4-12,16-17,21H,13-15H2,1-3H3,(H,24,27)(H,25,26)(H,28,29)/t17-,21?/m1/s1. The summed E-state index contributed by atoms with van der Waals surface area (Å²) in [5.41, 5.74) is 2.70. The fraction of sp³-hybridized carbons (Fsp3) is 0.391. The van der Waals surface area contributed by atoms with Crippen molar-refractivity contribution >= 4 is 19.4 Å². The third-order valence-electron chi connectivity index (χ3n) is 5.10. The summed E-state index contributed by atoms with van der Waals surface area (Å²) >= 11 is 0. The monoisotopic (exact) mass is 447 g/mol. The van der Waals surface area contributed by atoms with Crippen molar-refractivity contribution in [1.29, 1.82) is 0 Å². The Kier molecular flexibility index (Phi) is 8.84. The van der Waals surface area contributed by atoms with Gasteiger partial charge in [-0.15, -0.1) is 0 Å². The van der Waals surface area contributed by atoms with Crippen LogP contribution in [0.3, 0.4) is 0 Å². The Balaban J connectivity index is 1.95. The Morgan fingerprint density at radius 3 is 2.16 bits per heavy atom. The Hall–Kier alpha value is -2.63. The highest BCUT2D eigenvalue weighted by Crippen LogP contribution is 2.47. The van der Waals surface area contributed by atoms with Gasteiger partial charge in [0, 0.05) is 6.16 Å². The van der Waals surface area contributed by atoms with E-state index in [9.17, 15) is 24.2 Å². The van der Waals surface area contributed by atoms with Gasteiger partial charge in [-0.05, 0) is 36.0 Å². The van der Waals surface area contributed by atoms with Crippen LogP contribution in [-0.4, -0.2) is 34.0 Å². The number of aliphatic carboxylic acids is 1. The van der Waals surface area contributed by atoms with Gasteiger partial charge < -0.3 is 20.1 Å². The van der Waals surface area contributed by atoms with Crippen molar-refractivity contribution in [2.75, 3.05) is 6.16 Å². The predicted octanol–water partition coefficient (Wildman–Crippen LogP) is 4.60. The van der Waals surface area contributed by atoms with E-state index in [1.165, 1.54) is 6.92 Å². The van der Waals surface area contributed by atoms with Crippen LogP contribution in [0, 0.1) is 5.92 Å². The van der Waals surface area contributed by atoms with Crippen molar-refractivity contribution in [3.8, 4) is 0 Å². The molecule has 168 valence electrons. The summed E-state index contributed by atoms with van der Waals surface area (Å²) < 4.78 is 17.9. The van der Waals surface area contributed by atoms with Crippen LogP contribution in [0.15, 0.2) is 54.6 Å². The molecule has 2 aromatic carbocycles. The van der Waals surface area contributed by atoms with Crippen LogP contribution in [0.1, 0.15) is 43.4 Å². The molecule has 1 amide bonds. The van der Waals surface area contributed by atoms with Gasteiger partial charge in [0.2, 0.25) is 7.37 Å². The molecule has 2 rings (SSSR count). The van der Waals surface area contributed by atoms with E-state index >= 15 is 0 Å². The van der Waals surface area contributed by atoms with E-state index in [1.54, 1.807) is 12.1 Å². The van der Waals surface area contributed by atoms with Crippen LogP contribution in [0.25, 0.3) is 0 Å². The summed E-state index contributed by atoms with van der Waals surface area (Å²) in [5.74, 6) is -2.98. The van der Waals surface area contributed by atoms with Crippen LogP contribution in [0.4, 0.5) is 4.79 Å². The highest BCUT2D eigenvalue weighted by atomic mass is 31.2. The summed E-state index contributed by atoms with van der Waals surface area (Å²) in [7, 11) is -4.00. The number of hydrogen-bond donors (Lipinski definition) is 3. The lowest BCUT2D eigenvalue weighted by molar-refractivity contribution is -0.141. The summed E-state index contributed by atoms with van der Waals surface area (Å²) in [6.07, 6.45) is -1.15. The molecule has 2 unspecified atom stereocenters. The number of alkyl carbamates (subject to hydrolysis) is 1. The number of carboxylic acid groups (broad SMARTS) is 1. The quantitative estimate of drug-likeness (QED) is 0.459. The molecule has 3 N–H and O–H groups in total. The molecule has 2 aromatic rings. The highest BCUT2D eigenvalue weighted by molar-refractivity contribution is 7.58. The average molecular weight is 447 g/mol. The molecule has 3 atom stereocenters. The number of rotatable bonds is 10. The first-order valence-corrected chi connectivity index (χ1v) is 12.1. The van der Waals surface area contributed by atoms with Crippen LogP contribution in [0.5, 0.6) is 0 Å². The number of carboxylic acids is 1. The molecular weight excluding hydrogens is 417 g/mol. The largest absolute Gasteiger partial charge is 0.481 e. The minimum Gasteiger partial charge on any atom is -0.481 e. The van der Waals surface area contributed by atoms with Gasteiger partial charge >= 0.3 is 12.1 Å². The zero-order valence-corrected chi connectivity index (χ0v) is 18.9. The lowest BCUT2D eigenvalue weighted by atomic mass is 9.97. The topological polar surface area (TPSA) is 113 Å². The number of amides is 1. The maximum atomic E-state index is 12.8. The highest BCUT2D eigenvalue weighted by Gasteiger charge is 2.35. The number of ether oxygens (including phenoxy) is 1. The first kappa shape index (κ1) is 24.6. The number of carbonyl (C=O) groups excluding carboxylic acids is 1. The smallest absolute Gasteiger partial charge is 0.408 e. The third-order valence-corrected chi connectivity index (χ3v) is 7.41. The minimum atomic E-state index is -4.00. The predicted molar refractivity (Wildman–Crippen MR) is 119 cm³/mol. The van der Waals surface area contributed by atoms with E-state index in [1.807, 2.05) is 42.5 Å². The molecule has 8 heteroatoms. The lowest BCUT2D eigenvalue weighted by Gasteiger charge is -2.23. The van der Waals surface area contributed by atoms with E-state index in [0.717, 1.165) is 16.7 Å². The molecule has 0 saturated heterocycles. The molecule has 0 spiro atoms. The Labute approximate surface area is 182 Å². The van der Waals surface area contributed by atoms with Gasteiger partial charge in [0.1, 0.15) is 12.4 Å². The number of nitrogens with one attached hydrogen (secondary N) is 1. The van der Waals surface area contributed by atoms with E-state index < -0.39 is 37.3 Å². The molecular formula is C23H30NO6P. The fourth-order valence-electron chi connectivity index (χ4n) is 3.06. The minimum absolute atomic E-state index is 0.0270. The van der Waals surface area contributed by atoms with Crippen molar-refractivity contribution < 1.29 is 28.9 Å². The van der Waals surface area contributed by atoms with Gasteiger partial charge in [-0.2, -0.15) is 0 Å². The van der Waals surface area contributed by atoms with Crippen molar-refractivity contribution in [1.82, 2.24) is 5.32 Å². The lowest BCUT2D eigenvalue weighted by Crippen LogP contribution is -2.35. The van der Waals surface area contributed by atoms with E-state index in [4.69, 9.17) is 4.74 Å². The molecule has 0 aliphatic rings. The van der Waals surface area contributed by atoms with E-state index in [-0.39, 0.29) is 13.0 Å². The van der Waals surface area contributed by atoms with Gasteiger partial charge in [0.05, 0.1) is 5.92 Å². The molecule has 0 bridgehead atoms. The second-order valence-electron chi connectivity index (χ2n) is 7.96. The normalized spacial score (nSPS) is 15.0. The molecule has 0 fully saturated rings. The van der Waals surface area contributed by atoms with Crippen LogP contribution in [-0.2, 0) is 27.1 Å². The van der Waals surface area contributed by atoms with E-state index in [0.29, 0.717) is 5.92 Å². The maximum absolute atomic E-state index is 12.8. The fourth-order valence-corrected chi connectivity index (χ4v) is 4.60. The van der Waals surface area contributed by atoms with Gasteiger partial charge in [0.25, 0.3) is 0 Å². The number of hydrogen-bond acceptors (Lipinski definition) is 4. The van der Waals surface area contributed by atoms with Gasteiger partial charge in [-0.1, -0.05) is 68.4 Å². The van der Waals surface area contributed by atoms with Gasteiger partial charge in [0.15, 0.2) is 0 Å². The molecule has 0 saturated carbocycles. The average Bonchev–Trinajstić information content (AvgIpc) is 2.72.